The molecule has 1 unspecified atom stereocenters. The van der Waals surface area contributed by atoms with Gasteiger partial charge in [0, 0.05) is 33.5 Å². The summed E-state index contributed by atoms with van der Waals surface area (Å²) in [5, 5.41) is 4.92. The van der Waals surface area contributed by atoms with Crippen LogP contribution >= 0.6 is 0 Å². The molecule has 0 saturated heterocycles. The van der Waals surface area contributed by atoms with E-state index in [9.17, 15) is 0 Å². The van der Waals surface area contributed by atoms with Gasteiger partial charge in [-0.3, -0.25) is 0 Å². The van der Waals surface area contributed by atoms with Crippen LogP contribution < -0.4 is 4.90 Å². The first kappa shape index (κ1) is 31.6. The fourth-order valence-corrected chi connectivity index (χ4v) is 9.49. The molecule has 1 atom stereocenters. The zero-order chi connectivity index (χ0) is 36.3. The predicted octanol–water partition coefficient (Wildman–Crippen LogP) is 14.0. The van der Waals surface area contributed by atoms with Crippen LogP contribution in [0.4, 0.5) is 17.1 Å². The molecule has 8 aromatic carbocycles. The molecule has 0 aliphatic heterocycles. The molecular weight excluding hydrogens is 665 g/mol. The topological polar surface area (TPSA) is 8.17 Å². The number of aromatic nitrogens is 1. The fraction of sp³-hybridized carbons (Fsp3) is 0.0566. The number of rotatable bonds is 6. The summed E-state index contributed by atoms with van der Waals surface area (Å²) in [6.07, 6.45) is 9.32. The van der Waals surface area contributed by atoms with Crippen LogP contribution in [0.5, 0.6) is 0 Å². The Bertz CT molecular complexity index is 2990. The molecule has 2 heteroatoms. The maximum absolute atomic E-state index is 2.48. The van der Waals surface area contributed by atoms with E-state index in [-0.39, 0.29) is 0 Å². The van der Waals surface area contributed by atoms with Crippen LogP contribution in [0.2, 0.25) is 0 Å². The van der Waals surface area contributed by atoms with Crippen molar-refractivity contribution in [1.82, 2.24) is 4.57 Å². The average Bonchev–Trinajstić information content (AvgIpc) is 3.75. The van der Waals surface area contributed by atoms with E-state index in [4.69, 9.17) is 0 Å². The highest BCUT2D eigenvalue weighted by Gasteiger charge is 2.47. The molecule has 0 N–H and O–H groups in total. The minimum Gasteiger partial charge on any atom is -0.310 e. The lowest BCUT2D eigenvalue weighted by atomic mass is 9.66. The molecule has 2 nitrogen and oxygen atoms in total. The lowest BCUT2D eigenvalue weighted by Gasteiger charge is -2.36. The average molecular weight is 703 g/mol. The molecule has 0 spiro atoms. The van der Waals surface area contributed by atoms with E-state index in [0.29, 0.717) is 0 Å². The van der Waals surface area contributed by atoms with Gasteiger partial charge in [0.05, 0.1) is 16.4 Å². The summed E-state index contributed by atoms with van der Waals surface area (Å²) >= 11 is 0. The predicted molar refractivity (Wildman–Crippen MR) is 231 cm³/mol. The summed E-state index contributed by atoms with van der Waals surface area (Å²) in [7, 11) is 0. The smallest absolute Gasteiger partial charge is 0.0711 e. The monoisotopic (exact) mass is 702 g/mol. The van der Waals surface area contributed by atoms with Gasteiger partial charge in [0.15, 0.2) is 0 Å². The van der Waals surface area contributed by atoms with Crippen molar-refractivity contribution in [1.29, 1.82) is 0 Å². The molecule has 0 saturated carbocycles. The summed E-state index contributed by atoms with van der Waals surface area (Å²) in [5.41, 5.74) is 14.4. The number of hydrogen-bond acceptors (Lipinski definition) is 1. The van der Waals surface area contributed by atoms with Crippen LogP contribution in [0.3, 0.4) is 0 Å². The maximum Gasteiger partial charge on any atom is 0.0711 e. The summed E-state index contributed by atoms with van der Waals surface area (Å²) in [6, 6.07) is 69.4. The Morgan fingerprint density at radius 2 is 1.11 bits per heavy atom. The standard InChI is InChI=1S/C53H38N2/c1-4-18-39(19-5-1)53(40-20-6-2-7-21-40)49-26-14-12-24-45(49)46-32-30-44(36-50(46)53)54(42-29-28-37-16-10-11-17-38(37)34-42)43-31-33-52-48(35-43)47-25-13-15-27-51(47)55(52)41-22-8-3-9-23-41/h1,3-6,8-36H,2,7H2. The van der Waals surface area contributed by atoms with E-state index in [2.05, 4.69) is 216 Å². The number of nitrogens with zero attached hydrogens (tertiary/aromatic N) is 2. The fourth-order valence-electron chi connectivity index (χ4n) is 9.49. The van der Waals surface area contributed by atoms with Crippen LogP contribution in [-0.4, -0.2) is 4.57 Å². The van der Waals surface area contributed by atoms with Crippen molar-refractivity contribution in [2.45, 2.75) is 18.3 Å². The maximum atomic E-state index is 2.48. The molecular formula is C53H38N2. The van der Waals surface area contributed by atoms with E-state index in [1.807, 2.05) is 0 Å². The zero-order valence-corrected chi connectivity index (χ0v) is 30.4. The van der Waals surface area contributed by atoms with E-state index in [0.717, 1.165) is 35.6 Å². The number of benzene rings is 8. The van der Waals surface area contributed by atoms with Crippen molar-refractivity contribution in [2.75, 3.05) is 4.90 Å². The minimum absolute atomic E-state index is 0.442. The largest absolute Gasteiger partial charge is 0.310 e. The summed E-state index contributed by atoms with van der Waals surface area (Å²) in [6.45, 7) is 0. The van der Waals surface area contributed by atoms with Gasteiger partial charge in [0.1, 0.15) is 0 Å². The van der Waals surface area contributed by atoms with Crippen LogP contribution in [-0.2, 0) is 5.41 Å². The van der Waals surface area contributed by atoms with E-state index >= 15 is 0 Å². The molecule has 2 aliphatic rings. The van der Waals surface area contributed by atoms with Gasteiger partial charge >= 0.3 is 0 Å². The lowest BCUT2D eigenvalue weighted by molar-refractivity contribution is 0.751. The molecule has 55 heavy (non-hydrogen) atoms. The first-order chi connectivity index (χ1) is 27.3. The molecule has 0 fully saturated rings. The second kappa shape index (κ2) is 12.6. The van der Waals surface area contributed by atoms with Gasteiger partial charge < -0.3 is 9.47 Å². The van der Waals surface area contributed by atoms with Crippen LogP contribution in [0, 0.1) is 0 Å². The van der Waals surface area contributed by atoms with Gasteiger partial charge in [-0.2, -0.15) is 0 Å². The van der Waals surface area contributed by atoms with Crippen molar-refractivity contribution < 1.29 is 0 Å². The molecule has 2 aliphatic carbocycles. The molecule has 1 heterocycles. The molecule has 0 amide bonds. The molecule has 0 bridgehead atoms. The third kappa shape index (κ3) is 4.81. The SMILES string of the molecule is C1=CC(C2(c3ccccc3)c3ccccc3-c3ccc(N(c4ccc5ccccc5c4)c4ccc5c(c4)c4ccccc4n5-c4ccccc4)cc32)=CCC1. The van der Waals surface area contributed by atoms with Gasteiger partial charge in [-0.25, -0.2) is 0 Å². The second-order valence-electron chi connectivity index (χ2n) is 14.8. The molecule has 0 radical (unpaired) electrons. The number of fused-ring (bicyclic) bond motifs is 7. The Labute approximate surface area is 321 Å². The number of para-hydroxylation sites is 2. The molecule has 11 rings (SSSR count). The number of anilines is 3. The van der Waals surface area contributed by atoms with Crippen molar-refractivity contribution in [3.63, 3.8) is 0 Å². The lowest BCUT2D eigenvalue weighted by Crippen LogP contribution is -2.29. The van der Waals surface area contributed by atoms with Crippen LogP contribution in [0.25, 0.3) is 49.4 Å². The van der Waals surface area contributed by atoms with Gasteiger partial charge in [0.2, 0.25) is 0 Å². The van der Waals surface area contributed by atoms with Gasteiger partial charge in [0.25, 0.3) is 0 Å². The van der Waals surface area contributed by atoms with Gasteiger partial charge in [-0.15, -0.1) is 0 Å². The highest BCUT2D eigenvalue weighted by Crippen LogP contribution is 2.58. The van der Waals surface area contributed by atoms with E-state index in [1.54, 1.807) is 0 Å². The van der Waals surface area contributed by atoms with Gasteiger partial charge in [-0.05, 0) is 118 Å². The Morgan fingerprint density at radius 1 is 0.455 bits per heavy atom. The first-order valence-corrected chi connectivity index (χ1v) is 19.3. The molecule has 1 aromatic heterocycles. The number of hydrogen-bond donors (Lipinski definition) is 0. The van der Waals surface area contributed by atoms with Crippen molar-refractivity contribution in [3.8, 4) is 16.8 Å². The van der Waals surface area contributed by atoms with E-state index in [1.165, 1.54) is 66.0 Å². The summed E-state index contributed by atoms with van der Waals surface area (Å²) in [4.78, 5) is 2.46. The normalized spacial score (nSPS) is 16.0. The van der Waals surface area contributed by atoms with Crippen molar-refractivity contribution in [3.05, 3.63) is 229 Å². The Morgan fingerprint density at radius 3 is 1.96 bits per heavy atom. The first-order valence-electron chi connectivity index (χ1n) is 19.3. The van der Waals surface area contributed by atoms with E-state index < -0.39 is 5.41 Å². The zero-order valence-electron chi connectivity index (χ0n) is 30.4. The van der Waals surface area contributed by atoms with Crippen molar-refractivity contribution in [2.24, 2.45) is 0 Å². The Kier molecular flexibility index (Phi) is 7.25. The summed E-state index contributed by atoms with van der Waals surface area (Å²) < 4.78 is 2.39. The quantitative estimate of drug-likeness (QED) is 0.167. The highest BCUT2D eigenvalue weighted by molar-refractivity contribution is 6.11. The minimum atomic E-state index is -0.442. The van der Waals surface area contributed by atoms with Crippen molar-refractivity contribution >= 4 is 49.6 Å². The third-order valence-corrected chi connectivity index (χ3v) is 11.8. The highest BCUT2D eigenvalue weighted by atomic mass is 15.1. The second-order valence-corrected chi connectivity index (χ2v) is 14.8. The third-order valence-electron chi connectivity index (χ3n) is 11.8. The molecule has 9 aromatic rings. The molecule has 260 valence electrons. The summed E-state index contributed by atoms with van der Waals surface area (Å²) in [5.74, 6) is 0. The van der Waals surface area contributed by atoms with Crippen LogP contribution in [0.1, 0.15) is 29.5 Å². The Hall–Kier alpha value is -6.90. The van der Waals surface area contributed by atoms with Crippen LogP contribution in [0.15, 0.2) is 212 Å². The van der Waals surface area contributed by atoms with Gasteiger partial charge in [-0.1, -0.05) is 146 Å². The number of allylic oxidation sites excluding steroid dienone is 4. The Balaban J connectivity index is 1.19.